The monoisotopic (exact) mass is 405 g/mol. The molecule has 29 heavy (non-hydrogen) atoms. The molecular formula is C21H28FN3O4. The molecule has 1 aliphatic rings. The number of benzene rings is 1. The van der Waals surface area contributed by atoms with Crippen molar-refractivity contribution in [2.45, 2.75) is 32.8 Å². The lowest BCUT2D eigenvalue weighted by Gasteiger charge is -2.23. The van der Waals surface area contributed by atoms with E-state index in [0.29, 0.717) is 38.2 Å². The average molecular weight is 405 g/mol. The van der Waals surface area contributed by atoms with Gasteiger partial charge in [0.05, 0.1) is 0 Å². The van der Waals surface area contributed by atoms with Gasteiger partial charge in [-0.15, -0.1) is 0 Å². The van der Waals surface area contributed by atoms with E-state index in [1.54, 1.807) is 48.8 Å². The molecule has 1 aromatic carbocycles. The molecule has 3 amide bonds. The minimum atomic E-state index is -0.639. The van der Waals surface area contributed by atoms with Crippen molar-refractivity contribution < 1.29 is 23.5 Å². The minimum Gasteiger partial charge on any atom is -0.444 e. The summed E-state index contributed by atoms with van der Waals surface area (Å²) in [6.45, 7) is 6.90. The summed E-state index contributed by atoms with van der Waals surface area (Å²) in [6, 6.07) is 6.00. The molecule has 0 aliphatic carbocycles. The van der Waals surface area contributed by atoms with Crippen molar-refractivity contribution in [3.05, 3.63) is 41.7 Å². The van der Waals surface area contributed by atoms with Crippen molar-refractivity contribution >= 4 is 24.0 Å². The maximum atomic E-state index is 13.2. The SMILES string of the molecule is CC(C)(C)OC(=O)NCC(=O)N1CCCN(C(=O)/C=C/c2cccc(F)c2)CC1. The van der Waals surface area contributed by atoms with Gasteiger partial charge in [0.2, 0.25) is 11.8 Å². The Morgan fingerprint density at radius 2 is 1.83 bits per heavy atom. The number of hydrogen-bond acceptors (Lipinski definition) is 4. The third-order valence-corrected chi connectivity index (χ3v) is 4.21. The van der Waals surface area contributed by atoms with Gasteiger partial charge in [-0.25, -0.2) is 9.18 Å². The normalized spacial score (nSPS) is 15.2. The van der Waals surface area contributed by atoms with E-state index in [9.17, 15) is 18.8 Å². The maximum absolute atomic E-state index is 13.2. The zero-order valence-corrected chi connectivity index (χ0v) is 17.1. The fourth-order valence-electron chi connectivity index (χ4n) is 2.84. The smallest absolute Gasteiger partial charge is 0.408 e. The number of carbonyl (C=O) groups is 3. The van der Waals surface area contributed by atoms with E-state index in [2.05, 4.69) is 5.32 Å². The van der Waals surface area contributed by atoms with Crippen LogP contribution < -0.4 is 5.32 Å². The highest BCUT2D eigenvalue weighted by atomic mass is 19.1. The molecule has 7 nitrogen and oxygen atoms in total. The Balaban J connectivity index is 1.82. The number of carbonyl (C=O) groups excluding carboxylic acids is 3. The standard InChI is InChI=1S/C21H28FN3O4/c1-21(2,3)29-20(28)23-15-19(27)25-11-5-10-24(12-13-25)18(26)9-8-16-6-4-7-17(22)14-16/h4,6-9,14H,5,10-13,15H2,1-3H3,(H,23,28)/b9-8+. The van der Waals surface area contributed by atoms with Crippen molar-refractivity contribution in [1.82, 2.24) is 15.1 Å². The number of hydrogen-bond donors (Lipinski definition) is 1. The van der Waals surface area contributed by atoms with Crippen molar-refractivity contribution in [2.24, 2.45) is 0 Å². The van der Waals surface area contributed by atoms with Crippen molar-refractivity contribution in [2.75, 3.05) is 32.7 Å². The Kier molecular flexibility index (Phi) is 7.75. The summed E-state index contributed by atoms with van der Waals surface area (Å²) in [7, 11) is 0. The van der Waals surface area contributed by atoms with Gasteiger partial charge in [0.15, 0.2) is 0 Å². The Labute approximate surface area is 170 Å². The Bertz CT molecular complexity index is 773. The van der Waals surface area contributed by atoms with E-state index in [0.717, 1.165) is 0 Å². The van der Waals surface area contributed by atoms with Gasteiger partial charge >= 0.3 is 6.09 Å². The first-order valence-electron chi connectivity index (χ1n) is 9.61. The topological polar surface area (TPSA) is 79.0 Å². The third-order valence-electron chi connectivity index (χ3n) is 4.21. The van der Waals surface area contributed by atoms with Crippen LogP contribution in [0, 0.1) is 5.82 Å². The van der Waals surface area contributed by atoms with Gasteiger partial charge in [0, 0.05) is 32.3 Å². The van der Waals surface area contributed by atoms with Gasteiger partial charge in [0.1, 0.15) is 18.0 Å². The van der Waals surface area contributed by atoms with Crippen LogP contribution in [0.1, 0.15) is 32.8 Å². The van der Waals surface area contributed by atoms with Gasteiger partial charge in [-0.05, 0) is 51.0 Å². The molecule has 0 bridgehead atoms. The largest absolute Gasteiger partial charge is 0.444 e. The molecular weight excluding hydrogens is 377 g/mol. The number of alkyl carbamates (subject to hydrolysis) is 1. The molecule has 0 aromatic heterocycles. The highest BCUT2D eigenvalue weighted by molar-refractivity contribution is 5.92. The quantitative estimate of drug-likeness (QED) is 0.781. The second kappa shape index (κ2) is 10.0. The molecule has 0 atom stereocenters. The molecule has 0 unspecified atom stereocenters. The lowest BCUT2D eigenvalue weighted by molar-refractivity contribution is -0.131. The van der Waals surface area contributed by atoms with Crippen LogP contribution in [-0.4, -0.2) is 66.0 Å². The van der Waals surface area contributed by atoms with Crippen molar-refractivity contribution in [3.8, 4) is 0 Å². The number of rotatable bonds is 4. The van der Waals surface area contributed by atoms with Crippen LogP contribution in [0.25, 0.3) is 6.08 Å². The van der Waals surface area contributed by atoms with E-state index in [-0.39, 0.29) is 24.2 Å². The van der Waals surface area contributed by atoms with E-state index >= 15 is 0 Å². The van der Waals surface area contributed by atoms with E-state index in [1.807, 2.05) is 0 Å². The number of ether oxygens (including phenoxy) is 1. The minimum absolute atomic E-state index is 0.150. The van der Waals surface area contributed by atoms with Crippen LogP contribution in [0.15, 0.2) is 30.3 Å². The number of halogens is 1. The molecule has 1 aromatic rings. The van der Waals surface area contributed by atoms with Crippen LogP contribution >= 0.6 is 0 Å². The molecule has 8 heteroatoms. The predicted octanol–water partition coefficient (Wildman–Crippen LogP) is 2.42. The molecule has 2 rings (SSSR count). The first-order valence-corrected chi connectivity index (χ1v) is 9.61. The molecule has 1 heterocycles. The molecule has 1 aliphatic heterocycles. The zero-order chi connectivity index (χ0) is 21.4. The lowest BCUT2D eigenvalue weighted by atomic mass is 10.2. The van der Waals surface area contributed by atoms with E-state index in [1.165, 1.54) is 18.2 Å². The summed E-state index contributed by atoms with van der Waals surface area (Å²) in [6.07, 6.45) is 2.98. The number of amides is 3. The highest BCUT2D eigenvalue weighted by Gasteiger charge is 2.22. The molecule has 0 saturated carbocycles. The molecule has 0 radical (unpaired) electrons. The fraction of sp³-hybridized carbons (Fsp3) is 0.476. The van der Waals surface area contributed by atoms with E-state index < -0.39 is 11.7 Å². The Morgan fingerprint density at radius 1 is 1.14 bits per heavy atom. The molecule has 1 fully saturated rings. The van der Waals surface area contributed by atoms with Gasteiger partial charge in [0.25, 0.3) is 0 Å². The maximum Gasteiger partial charge on any atom is 0.408 e. The second-order valence-corrected chi connectivity index (χ2v) is 7.80. The highest BCUT2D eigenvalue weighted by Crippen LogP contribution is 2.09. The predicted molar refractivity (Wildman–Crippen MR) is 107 cm³/mol. The summed E-state index contributed by atoms with van der Waals surface area (Å²) in [5, 5.41) is 2.46. The first-order chi connectivity index (χ1) is 13.6. The average Bonchev–Trinajstić information content (AvgIpc) is 2.89. The van der Waals surface area contributed by atoms with Crippen molar-refractivity contribution in [1.29, 1.82) is 0 Å². The molecule has 158 valence electrons. The summed E-state index contributed by atoms with van der Waals surface area (Å²) >= 11 is 0. The van der Waals surface area contributed by atoms with Crippen LogP contribution in [0.5, 0.6) is 0 Å². The van der Waals surface area contributed by atoms with Gasteiger partial charge in [-0.3, -0.25) is 9.59 Å². The number of nitrogens with one attached hydrogen (secondary N) is 1. The molecule has 0 spiro atoms. The number of nitrogens with zero attached hydrogens (tertiary/aromatic N) is 2. The second-order valence-electron chi connectivity index (χ2n) is 7.80. The zero-order valence-electron chi connectivity index (χ0n) is 17.1. The summed E-state index contributed by atoms with van der Waals surface area (Å²) in [5.74, 6) is -0.764. The Hall–Kier alpha value is -2.90. The van der Waals surface area contributed by atoms with Gasteiger partial charge < -0.3 is 19.9 Å². The third kappa shape index (κ3) is 7.93. The Morgan fingerprint density at radius 3 is 2.52 bits per heavy atom. The summed E-state index contributed by atoms with van der Waals surface area (Å²) in [5.41, 5.74) is -0.0199. The first kappa shape index (κ1) is 22.4. The van der Waals surface area contributed by atoms with Crippen LogP contribution in [0.3, 0.4) is 0 Å². The fourth-order valence-corrected chi connectivity index (χ4v) is 2.84. The summed E-state index contributed by atoms with van der Waals surface area (Å²) < 4.78 is 18.3. The van der Waals surface area contributed by atoms with Gasteiger partial charge in [-0.1, -0.05) is 12.1 Å². The van der Waals surface area contributed by atoms with Gasteiger partial charge in [-0.2, -0.15) is 0 Å². The molecule has 1 N–H and O–H groups in total. The lowest BCUT2D eigenvalue weighted by Crippen LogP contribution is -2.43. The van der Waals surface area contributed by atoms with Crippen LogP contribution in [-0.2, 0) is 14.3 Å². The van der Waals surface area contributed by atoms with Crippen LogP contribution in [0.2, 0.25) is 0 Å². The van der Waals surface area contributed by atoms with E-state index in [4.69, 9.17) is 4.74 Å². The summed E-state index contributed by atoms with van der Waals surface area (Å²) in [4.78, 5) is 39.7. The molecule has 1 saturated heterocycles. The van der Waals surface area contributed by atoms with Crippen molar-refractivity contribution in [3.63, 3.8) is 0 Å². The van der Waals surface area contributed by atoms with Crippen LogP contribution in [0.4, 0.5) is 9.18 Å².